The number of nitrogens with zero attached hydrogens (tertiary/aromatic N) is 2. The molecule has 2 aliphatic heterocycles. The molecule has 2 aromatic carbocycles. The van der Waals surface area contributed by atoms with E-state index in [2.05, 4.69) is 15.5 Å². The Morgan fingerprint density at radius 3 is 2.48 bits per heavy atom. The second-order valence-electron chi connectivity index (χ2n) is 7.35. The van der Waals surface area contributed by atoms with Gasteiger partial charge in [0.15, 0.2) is 11.5 Å². The highest BCUT2D eigenvalue weighted by atomic mass is 16.7. The van der Waals surface area contributed by atoms with Crippen LogP contribution >= 0.6 is 0 Å². The van der Waals surface area contributed by atoms with Crippen LogP contribution in [0.25, 0.3) is 0 Å². The summed E-state index contributed by atoms with van der Waals surface area (Å²) in [5, 5.41) is 5.01. The third-order valence-electron chi connectivity index (χ3n) is 5.13. The van der Waals surface area contributed by atoms with E-state index in [9.17, 15) is 9.59 Å². The summed E-state index contributed by atoms with van der Waals surface area (Å²) in [5.74, 6) is 1.74. The summed E-state index contributed by atoms with van der Waals surface area (Å²) in [6.07, 6.45) is 0. The Morgan fingerprint density at radius 1 is 0.935 bits per heavy atom. The molecule has 1 fully saturated rings. The number of carbonyl (C=O) groups is 2. The van der Waals surface area contributed by atoms with Crippen LogP contribution in [-0.4, -0.2) is 74.4 Å². The van der Waals surface area contributed by atoms with Crippen LogP contribution in [0.4, 0.5) is 10.5 Å². The SMILES string of the molecule is O=C(CN1CCN(CCOc2ccccc2)CC1)NC(=O)Nc1ccc2c(c1)OCO2. The Hall–Kier alpha value is -3.30. The van der Waals surface area contributed by atoms with E-state index in [-0.39, 0.29) is 19.2 Å². The van der Waals surface area contributed by atoms with E-state index in [1.165, 1.54) is 0 Å². The fourth-order valence-corrected chi connectivity index (χ4v) is 3.49. The van der Waals surface area contributed by atoms with E-state index >= 15 is 0 Å². The second-order valence-corrected chi connectivity index (χ2v) is 7.35. The van der Waals surface area contributed by atoms with Crippen LogP contribution in [0, 0.1) is 0 Å². The van der Waals surface area contributed by atoms with E-state index in [1.807, 2.05) is 35.2 Å². The van der Waals surface area contributed by atoms with Gasteiger partial charge in [0, 0.05) is 44.5 Å². The zero-order valence-corrected chi connectivity index (χ0v) is 17.2. The van der Waals surface area contributed by atoms with Crippen LogP contribution < -0.4 is 24.8 Å². The summed E-state index contributed by atoms with van der Waals surface area (Å²) in [4.78, 5) is 28.7. The molecule has 0 aromatic heterocycles. The van der Waals surface area contributed by atoms with Gasteiger partial charge in [-0.05, 0) is 24.3 Å². The first-order chi connectivity index (χ1) is 15.2. The number of ether oxygens (including phenoxy) is 3. The smallest absolute Gasteiger partial charge is 0.325 e. The fourth-order valence-electron chi connectivity index (χ4n) is 3.49. The number of nitrogens with one attached hydrogen (secondary N) is 2. The molecular formula is C22H26N4O5. The first kappa shape index (κ1) is 21.0. The van der Waals surface area contributed by atoms with Crippen molar-refractivity contribution in [2.75, 3.05) is 58.0 Å². The summed E-state index contributed by atoms with van der Waals surface area (Å²) in [6.45, 7) is 5.06. The Balaban J connectivity index is 1.12. The maximum atomic E-state index is 12.2. The maximum absolute atomic E-state index is 12.2. The van der Waals surface area contributed by atoms with Gasteiger partial charge < -0.3 is 19.5 Å². The Morgan fingerprint density at radius 2 is 1.68 bits per heavy atom. The number of imide groups is 1. The normalized spacial score (nSPS) is 16.0. The molecule has 2 N–H and O–H groups in total. The molecule has 9 nitrogen and oxygen atoms in total. The van der Waals surface area contributed by atoms with Gasteiger partial charge in [-0.1, -0.05) is 18.2 Å². The predicted octanol–water partition coefficient (Wildman–Crippen LogP) is 1.76. The third kappa shape index (κ3) is 6.09. The molecule has 0 unspecified atom stereocenters. The van der Waals surface area contributed by atoms with Crippen LogP contribution in [0.3, 0.4) is 0 Å². The molecule has 0 spiro atoms. The van der Waals surface area contributed by atoms with Crippen molar-refractivity contribution in [1.82, 2.24) is 15.1 Å². The highest BCUT2D eigenvalue weighted by molar-refractivity contribution is 6.01. The lowest BCUT2D eigenvalue weighted by molar-refractivity contribution is -0.121. The Labute approximate surface area is 180 Å². The summed E-state index contributed by atoms with van der Waals surface area (Å²) in [6, 6.07) is 14.3. The topological polar surface area (TPSA) is 92.4 Å². The van der Waals surface area contributed by atoms with E-state index in [0.29, 0.717) is 23.8 Å². The van der Waals surface area contributed by atoms with Crippen molar-refractivity contribution >= 4 is 17.6 Å². The van der Waals surface area contributed by atoms with Gasteiger partial charge in [-0.25, -0.2) is 4.79 Å². The molecule has 9 heteroatoms. The average molecular weight is 426 g/mol. The number of anilines is 1. The third-order valence-corrected chi connectivity index (χ3v) is 5.13. The summed E-state index contributed by atoms with van der Waals surface area (Å²) in [5.41, 5.74) is 0.529. The second kappa shape index (κ2) is 10.1. The quantitative estimate of drug-likeness (QED) is 0.697. The fraction of sp³-hybridized carbons (Fsp3) is 0.364. The van der Waals surface area contributed by atoms with E-state index in [1.54, 1.807) is 18.2 Å². The van der Waals surface area contributed by atoms with Gasteiger partial charge in [-0.2, -0.15) is 0 Å². The first-order valence-corrected chi connectivity index (χ1v) is 10.3. The average Bonchev–Trinajstić information content (AvgIpc) is 3.23. The zero-order chi connectivity index (χ0) is 21.5. The zero-order valence-electron chi connectivity index (χ0n) is 17.2. The molecule has 0 bridgehead atoms. The van der Waals surface area contributed by atoms with Gasteiger partial charge in [0.05, 0.1) is 6.54 Å². The largest absolute Gasteiger partial charge is 0.492 e. The van der Waals surface area contributed by atoms with Crippen LogP contribution in [0.15, 0.2) is 48.5 Å². The molecule has 0 atom stereocenters. The van der Waals surface area contributed by atoms with Crippen molar-refractivity contribution in [1.29, 1.82) is 0 Å². The number of urea groups is 1. The van der Waals surface area contributed by atoms with Crippen molar-refractivity contribution in [3.63, 3.8) is 0 Å². The molecule has 1 saturated heterocycles. The number of piperazine rings is 1. The molecule has 3 amide bonds. The lowest BCUT2D eigenvalue weighted by atomic mass is 10.3. The maximum Gasteiger partial charge on any atom is 0.325 e. The van der Waals surface area contributed by atoms with Crippen LogP contribution in [0.1, 0.15) is 0 Å². The molecule has 2 aromatic rings. The highest BCUT2D eigenvalue weighted by Crippen LogP contribution is 2.34. The molecule has 164 valence electrons. The monoisotopic (exact) mass is 426 g/mol. The molecule has 2 aliphatic rings. The predicted molar refractivity (Wildman–Crippen MR) is 115 cm³/mol. The molecule has 2 heterocycles. The van der Waals surface area contributed by atoms with Gasteiger partial charge in [0.25, 0.3) is 0 Å². The molecule has 31 heavy (non-hydrogen) atoms. The number of benzene rings is 2. The Bertz CT molecular complexity index is 900. The summed E-state index contributed by atoms with van der Waals surface area (Å²) in [7, 11) is 0. The van der Waals surface area contributed by atoms with Crippen LogP contribution in [-0.2, 0) is 4.79 Å². The van der Waals surface area contributed by atoms with E-state index in [4.69, 9.17) is 14.2 Å². The molecule has 0 radical (unpaired) electrons. The van der Waals surface area contributed by atoms with Crippen LogP contribution in [0.5, 0.6) is 17.2 Å². The Kier molecular flexibility index (Phi) is 6.85. The summed E-state index contributed by atoms with van der Waals surface area (Å²) < 4.78 is 16.3. The number of carbonyl (C=O) groups excluding carboxylic acids is 2. The molecule has 4 rings (SSSR count). The first-order valence-electron chi connectivity index (χ1n) is 10.3. The van der Waals surface area contributed by atoms with Crippen LogP contribution in [0.2, 0.25) is 0 Å². The van der Waals surface area contributed by atoms with E-state index < -0.39 is 6.03 Å². The number of hydrogen-bond donors (Lipinski definition) is 2. The summed E-state index contributed by atoms with van der Waals surface area (Å²) >= 11 is 0. The van der Waals surface area contributed by atoms with Crippen molar-refractivity contribution in [2.45, 2.75) is 0 Å². The molecule has 0 saturated carbocycles. The minimum atomic E-state index is -0.569. The van der Waals surface area contributed by atoms with Gasteiger partial charge in [-0.15, -0.1) is 0 Å². The number of fused-ring (bicyclic) bond motifs is 1. The lowest BCUT2D eigenvalue weighted by Crippen LogP contribution is -2.51. The highest BCUT2D eigenvalue weighted by Gasteiger charge is 2.20. The van der Waals surface area contributed by atoms with Gasteiger partial charge >= 0.3 is 6.03 Å². The molecule has 0 aliphatic carbocycles. The lowest BCUT2D eigenvalue weighted by Gasteiger charge is -2.34. The van der Waals surface area contributed by atoms with E-state index in [0.717, 1.165) is 38.5 Å². The van der Waals surface area contributed by atoms with Gasteiger partial charge in [-0.3, -0.25) is 19.9 Å². The molecular weight excluding hydrogens is 400 g/mol. The van der Waals surface area contributed by atoms with Gasteiger partial charge in [0.2, 0.25) is 12.7 Å². The minimum Gasteiger partial charge on any atom is -0.492 e. The van der Waals surface area contributed by atoms with Gasteiger partial charge in [0.1, 0.15) is 12.4 Å². The van der Waals surface area contributed by atoms with Crippen molar-refractivity contribution < 1.29 is 23.8 Å². The minimum absolute atomic E-state index is 0.163. The van der Waals surface area contributed by atoms with Crippen molar-refractivity contribution in [3.8, 4) is 17.2 Å². The number of para-hydroxylation sites is 1. The number of amides is 3. The number of rotatable bonds is 7. The number of hydrogen-bond acceptors (Lipinski definition) is 7. The van der Waals surface area contributed by atoms with Crippen molar-refractivity contribution in [2.24, 2.45) is 0 Å². The van der Waals surface area contributed by atoms with Crippen molar-refractivity contribution in [3.05, 3.63) is 48.5 Å². The standard InChI is InChI=1S/C22H26N4O5/c27-21(24-22(28)23-17-6-7-19-20(14-17)31-16-30-19)15-26-10-8-25(9-11-26)12-13-29-18-4-2-1-3-5-18/h1-7,14H,8-13,15-16H2,(H2,23,24,27,28).